The minimum Gasteiger partial charge on any atom is -0.454 e. The maximum Gasteiger partial charge on any atom is 0.164 e. The van der Waals surface area contributed by atoms with E-state index < -0.39 is 0 Å². The molecule has 0 aromatic heterocycles. The predicted octanol–water partition coefficient (Wildman–Crippen LogP) is 6.73. The maximum absolute atomic E-state index is 6.20. The van der Waals surface area contributed by atoms with Crippen molar-refractivity contribution >= 4 is 28.9 Å². The molecule has 0 radical (unpaired) electrons. The lowest BCUT2D eigenvalue weighted by molar-refractivity contribution is 0.305. The van der Waals surface area contributed by atoms with Crippen LogP contribution in [0.4, 0.5) is 5.69 Å². The highest BCUT2D eigenvalue weighted by atomic mass is 35.5. The number of hydrogen-bond donors (Lipinski definition) is 1. The first-order chi connectivity index (χ1) is 10.9. The fraction of sp³-hybridized carbons (Fsp3) is 0.368. The lowest BCUT2D eigenvalue weighted by Crippen LogP contribution is -2.26. The fourth-order valence-corrected chi connectivity index (χ4v) is 3.63. The van der Waals surface area contributed by atoms with Gasteiger partial charge in [0.25, 0.3) is 0 Å². The molecule has 0 saturated heterocycles. The summed E-state index contributed by atoms with van der Waals surface area (Å²) in [4.78, 5) is 0. The molecule has 3 rings (SSSR count). The highest BCUT2D eigenvalue weighted by molar-refractivity contribution is 6.37. The standard InChI is InChI=1S/C19H21Cl2NO/c1-19(2,3)14-9-10-22-17-8-7-12(11-13(14)17)23-18-15(20)5-4-6-16(18)21/h4-8,11,14,22H,9-10H2,1-3H3. The van der Waals surface area contributed by atoms with Gasteiger partial charge >= 0.3 is 0 Å². The summed E-state index contributed by atoms with van der Waals surface area (Å²) in [5.41, 5.74) is 2.69. The van der Waals surface area contributed by atoms with Crippen molar-refractivity contribution < 1.29 is 4.74 Å². The molecule has 1 aliphatic heterocycles. The minimum atomic E-state index is 0.206. The molecular weight excluding hydrogens is 329 g/mol. The van der Waals surface area contributed by atoms with Crippen LogP contribution < -0.4 is 10.1 Å². The summed E-state index contributed by atoms with van der Waals surface area (Å²) in [6.07, 6.45) is 1.12. The Bertz CT molecular complexity index is 702. The van der Waals surface area contributed by atoms with E-state index in [9.17, 15) is 0 Å². The van der Waals surface area contributed by atoms with E-state index in [2.05, 4.69) is 38.2 Å². The molecule has 1 atom stereocenters. The van der Waals surface area contributed by atoms with Crippen LogP contribution in [0.3, 0.4) is 0 Å². The molecule has 1 aliphatic rings. The Morgan fingerprint density at radius 1 is 1.09 bits per heavy atom. The van der Waals surface area contributed by atoms with Gasteiger partial charge in [0.15, 0.2) is 5.75 Å². The van der Waals surface area contributed by atoms with Crippen LogP contribution in [0.1, 0.15) is 38.7 Å². The van der Waals surface area contributed by atoms with Crippen molar-refractivity contribution in [1.29, 1.82) is 0 Å². The zero-order chi connectivity index (χ0) is 16.6. The Kier molecular flexibility index (Phi) is 4.48. The second kappa shape index (κ2) is 6.26. The van der Waals surface area contributed by atoms with Crippen LogP contribution in [-0.4, -0.2) is 6.54 Å². The molecule has 23 heavy (non-hydrogen) atoms. The third kappa shape index (κ3) is 3.44. The first-order valence-electron chi connectivity index (χ1n) is 7.86. The number of halogens is 2. The van der Waals surface area contributed by atoms with Crippen LogP contribution in [0.25, 0.3) is 0 Å². The van der Waals surface area contributed by atoms with E-state index in [1.54, 1.807) is 12.1 Å². The van der Waals surface area contributed by atoms with Crippen LogP contribution in [0.2, 0.25) is 10.0 Å². The van der Waals surface area contributed by atoms with E-state index in [4.69, 9.17) is 27.9 Å². The first kappa shape index (κ1) is 16.5. The Morgan fingerprint density at radius 3 is 2.43 bits per heavy atom. The quantitative estimate of drug-likeness (QED) is 0.648. The van der Waals surface area contributed by atoms with Crippen molar-refractivity contribution in [3.63, 3.8) is 0 Å². The molecule has 4 heteroatoms. The molecule has 122 valence electrons. The Labute approximate surface area is 147 Å². The van der Waals surface area contributed by atoms with E-state index in [1.807, 2.05) is 12.1 Å². The summed E-state index contributed by atoms with van der Waals surface area (Å²) in [6, 6.07) is 11.5. The van der Waals surface area contributed by atoms with Gasteiger partial charge in [-0.3, -0.25) is 0 Å². The molecule has 2 aromatic rings. The zero-order valence-electron chi connectivity index (χ0n) is 13.6. The lowest BCUT2D eigenvalue weighted by atomic mass is 9.73. The van der Waals surface area contributed by atoms with E-state index in [1.165, 1.54) is 11.3 Å². The van der Waals surface area contributed by atoms with Gasteiger partial charge in [0.1, 0.15) is 5.75 Å². The van der Waals surface area contributed by atoms with Crippen molar-refractivity contribution in [2.75, 3.05) is 11.9 Å². The highest BCUT2D eigenvalue weighted by Gasteiger charge is 2.30. The van der Waals surface area contributed by atoms with Gasteiger partial charge < -0.3 is 10.1 Å². The second-order valence-electron chi connectivity index (χ2n) is 7.04. The van der Waals surface area contributed by atoms with Crippen molar-refractivity contribution in [2.24, 2.45) is 5.41 Å². The number of rotatable bonds is 2. The molecule has 0 fully saturated rings. The fourth-order valence-electron chi connectivity index (χ4n) is 3.16. The smallest absolute Gasteiger partial charge is 0.164 e. The largest absolute Gasteiger partial charge is 0.454 e. The average molecular weight is 350 g/mol. The molecule has 2 aromatic carbocycles. The van der Waals surface area contributed by atoms with Crippen LogP contribution in [0, 0.1) is 5.41 Å². The normalized spacial score (nSPS) is 17.3. The average Bonchev–Trinajstić information content (AvgIpc) is 2.49. The summed E-state index contributed by atoms with van der Waals surface area (Å²) in [7, 11) is 0. The Morgan fingerprint density at radius 2 is 1.78 bits per heavy atom. The third-order valence-corrected chi connectivity index (χ3v) is 4.93. The van der Waals surface area contributed by atoms with Crippen LogP contribution >= 0.6 is 23.2 Å². The number of para-hydroxylation sites is 1. The van der Waals surface area contributed by atoms with E-state index in [0.717, 1.165) is 18.7 Å². The van der Waals surface area contributed by atoms with Crippen LogP contribution in [0.5, 0.6) is 11.5 Å². The molecule has 0 saturated carbocycles. The number of fused-ring (bicyclic) bond motifs is 1. The zero-order valence-corrected chi connectivity index (χ0v) is 15.1. The highest BCUT2D eigenvalue weighted by Crippen LogP contribution is 2.45. The number of ether oxygens (including phenoxy) is 1. The Hall–Kier alpha value is -1.38. The van der Waals surface area contributed by atoms with Gasteiger partial charge in [0.2, 0.25) is 0 Å². The van der Waals surface area contributed by atoms with Crippen LogP contribution in [-0.2, 0) is 0 Å². The molecule has 1 unspecified atom stereocenters. The lowest BCUT2D eigenvalue weighted by Gasteiger charge is -2.36. The topological polar surface area (TPSA) is 21.3 Å². The van der Waals surface area contributed by atoms with Crippen molar-refractivity contribution in [3.8, 4) is 11.5 Å². The number of anilines is 1. The van der Waals surface area contributed by atoms with Crippen molar-refractivity contribution in [3.05, 3.63) is 52.0 Å². The van der Waals surface area contributed by atoms with Gasteiger partial charge in [-0.2, -0.15) is 0 Å². The van der Waals surface area contributed by atoms with Crippen molar-refractivity contribution in [1.82, 2.24) is 0 Å². The van der Waals surface area contributed by atoms with Gasteiger partial charge in [-0.05, 0) is 53.6 Å². The second-order valence-corrected chi connectivity index (χ2v) is 7.85. The first-order valence-corrected chi connectivity index (χ1v) is 8.61. The van der Waals surface area contributed by atoms with E-state index in [0.29, 0.717) is 21.7 Å². The van der Waals surface area contributed by atoms with Gasteiger partial charge in [-0.15, -0.1) is 0 Å². The summed E-state index contributed by atoms with van der Waals surface area (Å²) in [5.74, 6) is 1.76. The predicted molar refractivity (Wildman–Crippen MR) is 98.3 cm³/mol. The summed E-state index contributed by atoms with van der Waals surface area (Å²) in [5, 5.41) is 4.50. The molecule has 1 heterocycles. The molecule has 0 spiro atoms. The van der Waals surface area contributed by atoms with Gasteiger partial charge in [0.05, 0.1) is 10.0 Å². The maximum atomic E-state index is 6.20. The molecule has 0 aliphatic carbocycles. The van der Waals surface area contributed by atoms with Gasteiger partial charge in [-0.25, -0.2) is 0 Å². The van der Waals surface area contributed by atoms with Crippen molar-refractivity contribution in [2.45, 2.75) is 33.1 Å². The number of hydrogen-bond acceptors (Lipinski definition) is 2. The van der Waals surface area contributed by atoms with Gasteiger partial charge in [-0.1, -0.05) is 50.0 Å². The molecule has 0 amide bonds. The SMILES string of the molecule is CC(C)(C)C1CCNc2ccc(Oc3c(Cl)cccc3Cl)cc21. The van der Waals surface area contributed by atoms with E-state index >= 15 is 0 Å². The number of benzene rings is 2. The molecule has 2 nitrogen and oxygen atoms in total. The van der Waals surface area contributed by atoms with E-state index in [-0.39, 0.29) is 5.41 Å². The summed E-state index contributed by atoms with van der Waals surface area (Å²) < 4.78 is 5.98. The third-order valence-electron chi connectivity index (χ3n) is 4.33. The molecule has 1 N–H and O–H groups in total. The minimum absolute atomic E-state index is 0.206. The summed E-state index contributed by atoms with van der Waals surface area (Å²) in [6.45, 7) is 7.85. The molecule has 0 bridgehead atoms. The molecular formula is C19H21Cl2NO. The van der Waals surface area contributed by atoms with Gasteiger partial charge in [0, 0.05) is 12.2 Å². The Balaban J connectivity index is 1.97. The summed E-state index contributed by atoms with van der Waals surface area (Å²) >= 11 is 12.4. The number of nitrogens with one attached hydrogen (secondary N) is 1. The van der Waals surface area contributed by atoms with Crippen LogP contribution in [0.15, 0.2) is 36.4 Å². The monoisotopic (exact) mass is 349 g/mol.